The Hall–Kier alpha value is -4.33. The molecule has 0 radical (unpaired) electrons. The summed E-state index contributed by atoms with van der Waals surface area (Å²) in [5.74, 6) is 3.59. The zero-order valence-electron chi connectivity index (χ0n) is 21.0. The molecule has 0 spiro atoms. The summed E-state index contributed by atoms with van der Waals surface area (Å²) in [6, 6.07) is 25.5. The van der Waals surface area contributed by atoms with Gasteiger partial charge in [0.1, 0.15) is 5.82 Å². The molecule has 0 fully saturated rings. The van der Waals surface area contributed by atoms with E-state index in [9.17, 15) is 4.79 Å². The first-order valence-electron chi connectivity index (χ1n) is 12.0. The molecule has 0 bridgehead atoms. The number of halogens is 1. The Morgan fingerprint density at radius 1 is 1.03 bits per heavy atom. The van der Waals surface area contributed by atoms with E-state index >= 15 is 0 Å². The summed E-state index contributed by atoms with van der Waals surface area (Å²) in [6.07, 6.45) is 8.17. The molecular formula is C32H26ClN3O. The normalized spacial score (nSPS) is 10.9. The Morgan fingerprint density at radius 3 is 2.57 bits per heavy atom. The van der Waals surface area contributed by atoms with E-state index in [-0.39, 0.29) is 5.56 Å². The molecule has 3 aromatic carbocycles. The minimum absolute atomic E-state index is 0.0589. The summed E-state index contributed by atoms with van der Waals surface area (Å²) in [4.78, 5) is 19.6. The molecular weight excluding hydrogens is 478 g/mol. The minimum atomic E-state index is -0.0589. The highest BCUT2D eigenvalue weighted by Crippen LogP contribution is 2.32. The molecule has 0 N–H and O–H groups in total. The third kappa shape index (κ3) is 4.74. The number of aromatic nitrogens is 2. The maximum absolute atomic E-state index is 12.8. The number of rotatable bonds is 5. The van der Waals surface area contributed by atoms with Crippen LogP contribution in [-0.2, 0) is 13.5 Å². The molecule has 182 valence electrons. The zero-order chi connectivity index (χ0) is 26.1. The predicted octanol–water partition coefficient (Wildman–Crippen LogP) is 6.90. The second kappa shape index (κ2) is 9.97. The lowest BCUT2D eigenvalue weighted by atomic mass is 9.95. The van der Waals surface area contributed by atoms with E-state index in [1.54, 1.807) is 17.7 Å². The topological polar surface area (TPSA) is 38.1 Å². The van der Waals surface area contributed by atoms with Crippen LogP contribution in [0.25, 0.3) is 22.0 Å². The van der Waals surface area contributed by atoms with Crippen molar-refractivity contribution in [1.82, 2.24) is 9.55 Å². The smallest absolute Gasteiger partial charge is 0.251 e. The number of hydrogen-bond donors (Lipinski definition) is 0. The van der Waals surface area contributed by atoms with Crippen LogP contribution in [0.4, 0.5) is 11.5 Å². The number of nitrogens with zero attached hydrogens (tertiary/aromatic N) is 3. The van der Waals surface area contributed by atoms with Gasteiger partial charge in [-0.3, -0.25) is 4.79 Å². The zero-order valence-corrected chi connectivity index (χ0v) is 21.8. The number of terminal acetylenes is 1. The van der Waals surface area contributed by atoms with Crippen molar-refractivity contribution < 1.29 is 0 Å². The fraction of sp³-hybridized carbons (Fsp3) is 0.125. The highest BCUT2D eigenvalue weighted by molar-refractivity contribution is 6.30. The average molecular weight is 504 g/mol. The average Bonchev–Trinajstić information content (AvgIpc) is 2.92. The number of anilines is 2. The van der Waals surface area contributed by atoms with Gasteiger partial charge in [-0.05, 0) is 83.8 Å². The Labute approximate surface area is 221 Å². The van der Waals surface area contributed by atoms with E-state index in [1.807, 2.05) is 73.9 Å². The number of pyridine rings is 2. The number of hydrogen-bond acceptors (Lipinski definition) is 3. The van der Waals surface area contributed by atoms with Crippen molar-refractivity contribution in [2.75, 3.05) is 11.9 Å². The van der Waals surface area contributed by atoms with E-state index in [1.165, 1.54) is 0 Å². The van der Waals surface area contributed by atoms with Crippen LogP contribution in [0.2, 0.25) is 5.02 Å². The van der Waals surface area contributed by atoms with Gasteiger partial charge in [0.05, 0.1) is 5.52 Å². The summed E-state index contributed by atoms with van der Waals surface area (Å²) >= 11 is 6.10. The second-order valence-corrected chi connectivity index (χ2v) is 9.61. The molecule has 5 aromatic rings. The Morgan fingerprint density at radius 2 is 1.81 bits per heavy atom. The molecule has 0 unspecified atom stereocenters. The molecule has 5 heteroatoms. The van der Waals surface area contributed by atoms with Crippen molar-refractivity contribution in [1.29, 1.82) is 0 Å². The van der Waals surface area contributed by atoms with Crippen molar-refractivity contribution in [3.05, 3.63) is 123 Å². The molecule has 4 nitrogen and oxygen atoms in total. The van der Waals surface area contributed by atoms with Crippen LogP contribution < -0.4 is 10.5 Å². The first kappa shape index (κ1) is 24.4. The van der Waals surface area contributed by atoms with Gasteiger partial charge in [-0.1, -0.05) is 35.7 Å². The summed E-state index contributed by atoms with van der Waals surface area (Å²) in [5.41, 5.74) is 7.83. The first-order valence-corrected chi connectivity index (χ1v) is 12.4. The fourth-order valence-corrected chi connectivity index (χ4v) is 4.83. The molecule has 5 rings (SSSR count). The maximum atomic E-state index is 12.8. The van der Waals surface area contributed by atoms with Gasteiger partial charge in [0.15, 0.2) is 0 Å². The number of aryl methyl sites for hydroxylation is 2. The Kier molecular flexibility index (Phi) is 6.56. The van der Waals surface area contributed by atoms with Crippen molar-refractivity contribution in [2.45, 2.75) is 13.3 Å². The predicted molar refractivity (Wildman–Crippen MR) is 154 cm³/mol. The Bertz CT molecular complexity index is 1730. The van der Waals surface area contributed by atoms with Gasteiger partial charge in [0, 0.05) is 60.0 Å². The Balaban J connectivity index is 1.62. The van der Waals surface area contributed by atoms with Crippen molar-refractivity contribution in [2.24, 2.45) is 7.05 Å². The molecule has 0 atom stereocenters. The molecule has 0 saturated heterocycles. The lowest BCUT2D eigenvalue weighted by Crippen LogP contribution is -2.16. The van der Waals surface area contributed by atoms with Crippen LogP contribution in [0.15, 0.2) is 89.9 Å². The SMILES string of the molecule is C#Cc1cccc(-c2cc(=O)n(C)c3ccc(Cc4c(C)ccnc4N(C)c4ccc(Cl)cc4)cc23)c1. The van der Waals surface area contributed by atoms with Gasteiger partial charge in [0.25, 0.3) is 5.56 Å². The third-order valence-electron chi connectivity index (χ3n) is 6.83. The van der Waals surface area contributed by atoms with Gasteiger partial charge in [-0.25, -0.2) is 4.98 Å². The van der Waals surface area contributed by atoms with Gasteiger partial charge >= 0.3 is 0 Å². The van der Waals surface area contributed by atoms with Crippen LogP contribution in [0.5, 0.6) is 0 Å². The number of benzene rings is 3. The summed E-state index contributed by atoms with van der Waals surface area (Å²) in [6.45, 7) is 2.11. The standard InChI is InChI=1S/C32H26ClN3O/c1-5-22-7-6-8-24(17-22)28-20-31(37)36(4)30-14-9-23(19-29(28)30)18-27-21(2)15-16-34-32(27)35(3)26-12-10-25(33)11-13-26/h1,6-17,19-20H,18H2,2-4H3. The molecule has 37 heavy (non-hydrogen) atoms. The minimum Gasteiger partial charge on any atom is -0.329 e. The maximum Gasteiger partial charge on any atom is 0.251 e. The first-order chi connectivity index (χ1) is 17.9. The van der Waals surface area contributed by atoms with Crippen molar-refractivity contribution in [3.8, 4) is 23.5 Å². The van der Waals surface area contributed by atoms with Crippen LogP contribution >= 0.6 is 11.6 Å². The molecule has 0 aliphatic carbocycles. The third-order valence-corrected chi connectivity index (χ3v) is 7.08. The molecule has 2 heterocycles. The monoisotopic (exact) mass is 503 g/mol. The highest BCUT2D eigenvalue weighted by Gasteiger charge is 2.16. The highest BCUT2D eigenvalue weighted by atomic mass is 35.5. The van der Waals surface area contributed by atoms with Crippen molar-refractivity contribution in [3.63, 3.8) is 0 Å². The lowest BCUT2D eigenvalue weighted by Gasteiger charge is -2.23. The molecule has 0 aliphatic heterocycles. The summed E-state index contributed by atoms with van der Waals surface area (Å²) in [5, 5.41) is 1.70. The summed E-state index contributed by atoms with van der Waals surface area (Å²) in [7, 11) is 3.82. The molecule has 0 saturated carbocycles. The van der Waals surface area contributed by atoms with E-state index in [0.29, 0.717) is 11.4 Å². The van der Waals surface area contributed by atoms with Gasteiger partial charge in [0.2, 0.25) is 0 Å². The molecule has 0 amide bonds. The van der Waals surface area contributed by atoms with Gasteiger partial charge < -0.3 is 9.47 Å². The van der Waals surface area contributed by atoms with Crippen LogP contribution in [0, 0.1) is 19.3 Å². The van der Waals surface area contributed by atoms with E-state index in [4.69, 9.17) is 23.0 Å². The summed E-state index contributed by atoms with van der Waals surface area (Å²) < 4.78 is 1.68. The second-order valence-electron chi connectivity index (χ2n) is 9.17. The van der Waals surface area contributed by atoms with Crippen LogP contribution in [0.3, 0.4) is 0 Å². The van der Waals surface area contributed by atoms with Gasteiger partial charge in [-0.2, -0.15) is 0 Å². The van der Waals surface area contributed by atoms with Gasteiger partial charge in [-0.15, -0.1) is 6.42 Å². The van der Waals surface area contributed by atoms with Crippen molar-refractivity contribution >= 4 is 34.0 Å². The lowest BCUT2D eigenvalue weighted by molar-refractivity contribution is 0.906. The molecule has 2 aromatic heterocycles. The quantitative estimate of drug-likeness (QED) is 0.245. The van der Waals surface area contributed by atoms with Crippen LogP contribution in [-0.4, -0.2) is 16.6 Å². The number of fused-ring (bicyclic) bond motifs is 1. The van der Waals surface area contributed by atoms with E-state index in [2.05, 4.69) is 29.9 Å². The largest absolute Gasteiger partial charge is 0.329 e. The van der Waals surface area contributed by atoms with E-state index < -0.39 is 0 Å². The van der Waals surface area contributed by atoms with E-state index in [0.717, 1.165) is 55.8 Å². The fourth-order valence-electron chi connectivity index (χ4n) is 4.71. The van der Waals surface area contributed by atoms with Crippen LogP contribution in [0.1, 0.15) is 22.3 Å². The molecule has 0 aliphatic rings.